The molecular formula is C44H30IrN4O-2. The van der Waals surface area contributed by atoms with Crippen LogP contribution in [0.4, 0.5) is 0 Å². The van der Waals surface area contributed by atoms with Crippen molar-refractivity contribution in [2.45, 2.75) is 6.92 Å². The molecule has 0 N–H and O–H groups in total. The minimum atomic E-state index is 0. The molecule has 0 bridgehead atoms. The molecule has 5 nitrogen and oxygen atoms in total. The van der Waals surface area contributed by atoms with Gasteiger partial charge in [-0.25, -0.2) is 0 Å². The van der Waals surface area contributed by atoms with E-state index in [0.29, 0.717) is 0 Å². The van der Waals surface area contributed by atoms with Crippen molar-refractivity contribution in [1.82, 2.24) is 19.5 Å². The van der Waals surface area contributed by atoms with E-state index in [-0.39, 0.29) is 20.1 Å². The molecule has 0 unspecified atom stereocenters. The Balaban J connectivity index is 0.000000255. The van der Waals surface area contributed by atoms with Gasteiger partial charge in [0, 0.05) is 55.7 Å². The fourth-order valence-electron chi connectivity index (χ4n) is 6.01. The van der Waals surface area contributed by atoms with Crippen molar-refractivity contribution < 1.29 is 24.5 Å². The zero-order chi connectivity index (χ0) is 33.0. The van der Waals surface area contributed by atoms with E-state index in [2.05, 4.69) is 99.7 Å². The standard InChI is InChI=1S/C33H22N3O.C11H8N.Ir/c1-22-19-26(17-18-34-22)25-13-16-32-28(20-25)29(21-37-32)33-35-30-9-5-6-10-31(30)36(33)27-14-11-24(12-15-27)23-7-3-2-4-8-23;1-2-6-10(7-3-1)11-8-4-5-9-12-11;/h2-20H,1H3;1-6,8-9H;/q2*-1;. The van der Waals surface area contributed by atoms with Crippen molar-refractivity contribution >= 4 is 22.0 Å². The van der Waals surface area contributed by atoms with Crippen molar-refractivity contribution in [3.05, 3.63) is 182 Å². The first-order valence-corrected chi connectivity index (χ1v) is 16.1. The smallest absolute Gasteiger partial charge is 0.0774 e. The number of pyridine rings is 2. The second kappa shape index (κ2) is 14.7. The van der Waals surface area contributed by atoms with Gasteiger partial charge in [-0.05, 0) is 77.3 Å². The van der Waals surface area contributed by atoms with Crippen molar-refractivity contribution in [3.8, 4) is 50.6 Å². The number of aromatic nitrogens is 4. The molecule has 0 aliphatic carbocycles. The Morgan fingerprint density at radius 2 is 1.36 bits per heavy atom. The van der Waals surface area contributed by atoms with Crippen LogP contribution in [0.5, 0.6) is 0 Å². The van der Waals surface area contributed by atoms with Gasteiger partial charge in [0.15, 0.2) is 0 Å². The van der Waals surface area contributed by atoms with Crippen molar-refractivity contribution in [2.75, 3.05) is 0 Å². The van der Waals surface area contributed by atoms with E-state index in [1.54, 1.807) is 6.20 Å². The summed E-state index contributed by atoms with van der Waals surface area (Å²) in [4.78, 5) is 13.6. The molecule has 0 spiro atoms. The van der Waals surface area contributed by atoms with Gasteiger partial charge in [-0.15, -0.1) is 35.9 Å². The summed E-state index contributed by atoms with van der Waals surface area (Å²) in [6.45, 7) is 2.00. The Bertz CT molecular complexity index is 2450. The number of para-hydroxylation sites is 2. The molecule has 0 amide bonds. The van der Waals surface area contributed by atoms with Crippen LogP contribution >= 0.6 is 0 Å². The van der Waals surface area contributed by atoms with Gasteiger partial charge in [-0.3, -0.25) is 9.97 Å². The maximum Gasteiger partial charge on any atom is 0.0774 e. The molecule has 0 saturated heterocycles. The van der Waals surface area contributed by atoms with Gasteiger partial charge in [0.2, 0.25) is 0 Å². The number of rotatable bonds is 5. The molecule has 9 aromatic rings. The van der Waals surface area contributed by atoms with Crippen LogP contribution in [0.3, 0.4) is 0 Å². The average molecular weight is 823 g/mol. The van der Waals surface area contributed by atoms with E-state index in [1.165, 1.54) is 11.1 Å². The largest absolute Gasteiger partial charge is 0.557 e. The average Bonchev–Trinajstić information content (AvgIpc) is 3.77. The SMILES string of the molecule is Cc1cc(-c2ccc3o[c-]c(-c4nc5ccccc5n4-c4ccc(-c5ccccc5)cc4)c3c2)ccn1.[Ir].[c-]1ccccc1-c1ccccn1. The molecule has 9 rings (SSSR count). The third-order valence-corrected chi connectivity index (χ3v) is 8.41. The number of fused-ring (bicyclic) bond motifs is 2. The number of imidazole rings is 1. The van der Waals surface area contributed by atoms with Crippen molar-refractivity contribution in [3.63, 3.8) is 0 Å². The van der Waals surface area contributed by atoms with Crippen LogP contribution in [0.2, 0.25) is 0 Å². The topological polar surface area (TPSA) is 56.7 Å². The minimum absolute atomic E-state index is 0. The molecule has 0 atom stereocenters. The summed E-state index contributed by atoms with van der Waals surface area (Å²) in [5.74, 6) is 0.801. The van der Waals surface area contributed by atoms with Gasteiger partial charge in [-0.2, -0.15) is 0 Å². The number of furan rings is 1. The molecule has 0 saturated carbocycles. The number of aryl methyl sites for hydroxylation is 1. The zero-order valence-corrected chi connectivity index (χ0v) is 29.5. The molecule has 0 fully saturated rings. The van der Waals surface area contributed by atoms with Gasteiger partial charge >= 0.3 is 0 Å². The predicted octanol–water partition coefficient (Wildman–Crippen LogP) is 10.8. The van der Waals surface area contributed by atoms with E-state index < -0.39 is 0 Å². The second-order valence-corrected chi connectivity index (χ2v) is 11.6. The van der Waals surface area contributed by atoms with Gasteiger partial charge in [-0.1, -0.05) is 95.9 Å². The summed E-state index contributed by atoms with van der Waals surface area (Å²) < 4.78 is 8.08. The maximum atomic E-state index is 5.89. The normalized spacial score (nSPS) is 10.7. The first-order valence-electron chi connectivity index (χ1n) is 16.1. The van der Waals surface area contributed by atoms with Crippen LogP contribution in [0, 0.1) is 19.3 Å². The summed E-state index contributed by atoms with van der Waals surface area (Å²) >= 11 is 0. The number of hydrogen-bond donors (Lipinski definition) is 0. The molecule has 0 aliphatic heterocycles. The molecule has 6 heteroatoms. The van der Waals surface area contributed by atoms with Gasteiger partial charge < -0.3 is 14.0 Å². The fourth-order valence-corrected chi connectivity index (χ4v) is 6.01. The fraction of sp³-hybridized carbons (Fsp3) is 0.0227. The third kappa shape index (κ3) is 6.68. The van der Waals surface area contributed by atoms with Crippen molar-refractivity contribution in [2.24, 2.45) is 0 Å². The van der Waals surface area contributed by atoms with E-state index in [9.17, 15) is 0 Å². The third-order valence-electron chi connectivity index (χ3n) is 8.41. The van der Waals surface area contributed by atoms with Crippen LogP contribution < -0.4 is 0 Å². The Hall–Kier alpha value is -5.94. The van der Waals surface area contributed by atoms with Crippen LogP contribution in [0.25, 0.3) is 72.6 Å². The molecule has 243 valence electrons. The Morgan fingerprint density at radius 1 is 0.620 bits per heavy atom. The summed E-state index contributed by atoms with van der Waals surface area (Å²) in [6.07, 6.45) is 6.79. The van der Waals surface area contributed by atoms with E-state index in [0.717, 1.165) is 67.2 Å². The van der Waals surface area contributed by atoms with Gasteiger partial charge in [0.1, 0.15) is 0 Å². The zero-order valence-electron chi connectivity index (χ0n) is 27.1. The Labute approximate surface area is 304 Å². The maximum absolute atomic E-state index is 5.89. The van der Waals surface area contributed by atoms with Gasteiger partial charge in [0.05, 0.1) is 16.9 Å². The molecule has 5 aromatic carbocycles. The summed E-state index contributed by atoms with van der Waals surface area (Å²) in [5, 5.41) is 0.976. The molecule has 50 heavy (non-hydrogen) atoms. The predicted molar refractivity (Wildman–Crippen MR) is 197 cm³/mol. The summed E-state index contributed by atoms with van der Waals surface area (Å²) in [6, 6.07) is 54.4. The van der Waals surface area contributed by atoms with Gasteiger partial charge in [0.25, 0.3) is 0 Å². The quantitative estimate of drug-likeness (QED) is 0.162. The van der Waals surface area contributed by atoms with Crippen LogP contribution in [0.1, 0.15) is 5.69 Å². The van der Waals surface area contributed by atoms with E-state index >= 15 is 0 Å². The molecule has 4 aromatic heterocycles. The minimum Gasteiger partial charge on any atom is -0.557 e. The molecule has 1 radical (unpaired) electrons. The number of nitrogens with zero attached hydrogens (tertiary/aromatic N) is 4. The van der Waals surface area contributed by atoms with Crippen LogP contribution in [-0.2, 0) is 20.1 Å². The summed E-state index contributed by atoms with van der Waals surface area (Å²) in [5.41, 5.74) is 12.2. The number of benzene rings is 5. The first kappa shape index (κ1) is 32.6. The molecule has 4 heterocycles. The second-order valence-electron chi connectivity index (χ2n) is 11.6. The van der Waals surface area contributed by atoms with Crippen LogP contribution in [-0.4, -0.2) is 19.5 Å². The van der Waals surface area contributed by atoms with Crippen molar-refractivity contribution in [1.29, 1.82) is 0 Å². The first-order chi connectivity index (χ1) is 24.2. The summed E-state index contributed by atoms with van der Waals surface area (Å²) in [7, 11) is 0. The molecule has 0 aliphatic rings. The van der Waals surface area contributed by atoms with E-state index in [1.807, 2.05) is 92.0 Å². The monoisotopic (exact) mass is 823 g/mol. The Morgan fingerprint density at radius 3 is 2.14 bits per heavy atom. The van der Waals surface area contributed by atoms with Crippen LogP contribution in [0.15, 0.2) is 168 Å². The number of hydrogen-bond acceptors (Lipinski definition) is 4. The Kier molecular flexibility index (Phi) is 9.56. The van der Waals surface area contributed by atoms with E-state index in [4.69, 9.17) is 9.40 Å². The molecular weight excluding hydrogens is 793 g/mol.